The Morgan fingerprint density at radius 3 is 2.11 bits per heavy atom. The zero-order valence-corrected chi connectivity index (χ0v) is 35.3. The maximum Gasteiger partial charge on any atom is 0.459 e. The Kier molecular flexibility index (Phi) is 20.6. The quantitative estimate of drug-likeness (QED) is 0.0205. The summed E-state index contributed by atoms with van der Waals surface area (Å²) in [4.78, 5) is 45.9. The highest BCUT2D eigenvalue weighted by molar-refractivity contribution is 7.52. The van der Waals surface area contributed by atoms with Crippen molar-refractivity contribution >= 4 is 25.5 Å². The number of hydrogen-bond donors (Lipinski definition) is 2. The van der Waals surface area contributed by atoms with Gasteiger partial charge in [0.2, 0.25) is 0 Å². The number of rotatable bonds is 28. The van der Waals surface area contributed by atoms with Crippen LogP contribution >= 0.6 is 7.75 Å². The maximum absolute atomic E-state index is 14.3. The number of nitrogens with one attached hydrogen (secondary N) is 1. The van der Waals surface area contributed by atoms with Crippen LogP contribution in [0.3, 0.4) is 0 Å². The van der Waals surface area contributed by atoms with E-state index in [1.54, 1.807) is 44.2 Å². The van der Waals surface area contributed by atoms with Crippen LogP contribution in [0.2, 0.25) is 0 Å². The van der Waals surface area contributed by atoms with Gasteiger partial charge in [0, 0.05) is 17.5 Å². The Morgan fingerprint density at radius 2 is 1.56 bits per heavy atom. The fraction of sp³-hybridized carbons (Fsp3) is 0.700. The molecule has 318 valence electrons. The van der Waals surface area contributed by atoms with Gasteiger partial charge in [-0.1, -0.05) is 120 Å². The van der Waals surface area contributed by atoms with Crippen LogP contribution in [-0.4, -0.2) is 58.0 Å². The molecule has 6 atom stereocenters. The van der Waals surface area contributed by atoms with Gasteiger partial charge >= 0.3 is 25.4 Å². The average Bonchev–Trinajstić information content (AvgIpc) is 3.42. The molecule has 17 heteroatoms. The number of benzene rings is 1. The minimum absolute atomic E-state index is 0.0405. The predicted molar refractivity (Wildman–Crippen MR) is 218 cm³/mol. The van der Waals surface area contributed by atoms with Crippen LogP contribution in [0, 0.1) is 0 Å². The third-order valence-electron chi connectivity index (χ3n) is 9.76. The lowest BCUT2D eigenvalue weighted by Crippen LogP contribution is -2.47. The summed E-state index contributed by atoms with van der Waals surface area (Å²) in [6.07, 6.45) is 14.8. The largest absolute Gasteiger partial charge is 0.462 e. The molecule has 1 aromatic carbocycles. The highest BCUT2D eigenvalue weighted by Crippen LogP contribution is 2.48. The van der Waals surface area contributed by atoms with Crippen molar-refractivity contribution in [2.45, 2.75) is 173 Å². The number of hydrogen-bond acceptors (Lipinski definition) is 12. The van der Waals surface area contributed by atoms with Crippen molar-refractivity contribution in [1.82, 2.24) is 14.6 Å². The van der Waals surface area contributed by atoms with Gasteiger partial charge in [-0.2, -0.15) is 10.1 Å². The molecule has 0 aliphatic carbocycles. The number of ether oxygens (including phenoxy) is 3. The molecule has 1 aliphatic heterocycles. The molecule has 16 nitrogen and oxygen atoms in total. The molecule has 3 rings (SSSR count). The van der Waals surface area contributed by atoms with E-state index in [-0.39, 0.29) is 18.0 Å². The Hall–Kier alpha value is -3.94. The SMILES string of the molecule is CCCCCCCCCCCCCCCCCC(=O)O[C@@H]1[C@@H](COP(=O)(N[C@@H](C)C(=O)OC(C)C)Oc2ccccc2)O[C@@H](n2ccc(N)nc2=O)[C@]1(C)N=[N+]=[N-]. The molecule has 0 radical (unpaired) electrons. The summed E-state index contributed by atoms with van der Waals surface area (Å²) in [6.45, 7) is 7.97. The molecular weight excluding hydrogens is 753 g/mol. The number of nitrogens with two attached hydrogens (primary N) is 1. The summed E-state index contributed by atoms with van der Waals surface area (Å²) in [5.41, 5.74) is 12.9. The van der Waals surface area contributed by atoms with Crippen LogP contribution in [0.15, 0.2) is 52.5 Å². The molecule has 1 saturated heterocycles. The van der Waals surface area contributed by atoms with E-state index in [0.29, 0.717) is 6.42 Å². The smallest absolute Gasteiger partial charge is 0.459 e. The average molecular weight is 818 g/mol. The number of esters is 2. The molecule has 0 saturated carbocycles. The van der Waals surface area contributed by atoms with E-state index in [1.165, 1.54) is 90.3 Å². The van der Waals surface area contributed by atoms with Crippen LogP contribution in [0.5, 0.6) is 5.75 Å². The van der Waals surface area contributed by atoms with Gasteiger partial charge < -0.3 is 24.5 Å². The number of carbonyl (C=O) groups is 2. The van der Waals surface area contributed by atoms with Crippen molar-refractivity contribution in [1.29, 1.82) is 0 Å². The lowest BCUT2D eigenvalue weighted by Gasteiger charge is -2.31. The molecule has 3 N–H and O–H groups in total. The molecular formula is C40H64N7O9P. The fourth-order valence-corrected chi connectivity index (χ4v) is 8.22. The van der Waals surface area contributed by atoms with Crippen molar-refractivity contribution in [2.24, 2.45) is 5.11 Å². The summed E-state index contributed by atoms with van der Waals surface area (Å²) in [6, 6.07) is 8.42. The van der Waals surface area contributed by atoms with Gasteiger partial charge in [0.1, 0.15) is 35.4 Å². The maximum atomic E-state index is 14.3. The Bertz CT molecular complexity index is 1670. The summed E-state index contributed by atoms with van der Waals surface area (Å²) >= 11 is 0. The van der Waals surface area contributed by atoms with Crippen LogP contribution < -0.4 is 21.0 Å². The number of carbonyl (C=O) groups excluding carboxylic acids is 2. The molecule has 1 fully saturated rings. The second-order valence-corrected chi connectivity index (χ2v) is 16.8. The topological polar surface area (TPSA) is 219 Å². The standard InChI is InChI=1S/C40H64N7O9P/c1-6-7-8-9-10-11-12-13-14-15-16-17-18-19-23-26-35(48)55-36-33(54-38(40(36,5)45-46-42)47-28-27-34(41)43-39(47)50)29-52-57(51,56-32-24-21-20-22-25-32)44-31(4)37(49)53-30(2)3/h20-22,24-25,27-28,30-31,33,36,38H,6-19,23,26,29H2,1-5H3,(H,44,51)(H2,41,43,50)/t31-,33+,36+,38+,40+,57?/m0/s1. The normalized spacial score (nSPS) is 20.7. The predicted octanol–water partition coefficient (Wildman–Crippen LogP) is 9.10. The van der Waals surface area contributed by atoms with Gasteiger partial charge in [-0.05, 0) is 57.8 Å². The Morgan fingerprint density at radius 1 is 0.982 bits per heavy atom. The van der Waals surface area contributed by atoms with E-state index >= 15 is 0 Å². The highest BCUT2D eigenvalue weighted by Gasteiger charge is 2.57. The van der Waals surface area contributed by atoms with E-state index in [2.05, 4.69) is 27.0 Å². The van der Waals surface area contributed by atoms with Crippen LogP contribution in [-0.2, 0) is 32.9 Å². The van der Waals surface area contributed by atoms with Gasteiger partial charge in [-0.3, -0.25) is 18.7 Å². The minimum atomic E-state index is -4.39. The second-order valence-electron chi connectivity index (χ2n) is 15.1. The monoisotopic (exact) mass is 817 g/mol. The number of nitrogen functional groups attached to an aromatic ring is 1. The third kappa shape index (κ3) is 16.1. The van der Waals surface area contributed by atoms with E-state index in [1.807, 2.05) is 0 Å². The van der Waals surface area contributed by atoms with Gasteiger partial charge in [0.15, 0.2) is 6.23 Å². The first-order chi connectivity index (χ1) is 27.3. The van der Waals surface area contributed by atoms with Gasteiger partial charge in [-0.25, -0.2) is 9.36 Å². The van der Waals surface area contributed by atoms with E-state index < -0.39 is 68.1 Å². The van der Waals surface area contributed by atoms with Crippen LogP contribution in [0.25, 0.3) is 10.4 Å². The lowest BCUT2D eigenvalue weighted by atomic mass is 9.93. The molecule has 0 amide bonds. The number of aromatic nitrogens is 2. The molecule has 57 heavy (non-hydrogen) atoms. The van der Waals surface area contributed by atoms with Gasteiger partial charge in [-0.15, -0.1) is 0 Å². The first-order valence-corrected chi connectivity index (χ1v) is 22.1. The molecule has 2 heterocycles. The number of azide groups is 1. The third-order valence-corrected chi connectivity index (χ3v) is 11.4. The van der Waals surface area contributed by atoms with Gasteiger partial charge in [0.05, 0.1) is 12.7 Å². The summed E-state index contributed by atoms with van der Waals surface area (Å²) < 4.78 is 44.5. The highest BCUT2D eigenvalue weighted by atomic mass is 31.2. The number of nitrogens with zero attached hydrogens (tertiary/aromatic N) is 5. The summed E-state index contributed by atoms with van der Waals surface area (Å²) in [7, 11) is -4.39. The van der Waals surface area contributed by atoms with E-state index in [4.69, 9.17) is 29.0 Å². The zero-order chi connectivity index (χ0) is 41.7. The lowest BCUT2D eigenvalue weighted by molar-refractivity contribution is -0.155. The van der Waals surface area contributed by atoms with Crippen molar-refractivity contribution in [2.75, 3.05) is 12.3 Å². The first kappa shape index (κ1) is 47.4. The fourth-order valence-electron chi connectivity index (χ4n) is 6.71. The van der Waals surface area contributed by atoms with Crippen molar-refractivity contribution in [3.63, 3.8) is 0 Å². The minimum Gasteiger partial charge on any atom is -0.462 e. The van der Waals surface area contributed by atoms with Crippen LogP contribution in [0.1, 0.15) is 144 Å². The van der Waals surface area contributed by atoms with Crippen molar-refractivity contribution in [3.8, 4) is 5.75 Å². The molecule has 0 spiro atoms. The Labute approximate surface area is 337 Å². The second kappa shape index (κ2) is 24.7. The number of anilines is 1. The van der Waals surface area contributed by atoms with E-state index in [0.717, 1.165) is 30.3 Å². The van der Waals surface area contributed by atoms with Gasteiger partial charge in [0.25, 0.3) is 0 Å². The van der Waals surface area contributed by atoms with Crippen LogP contribution in [0.4, 0.5) is 5.82 Å². The number of para-hydroxylation sites is 1. The molecule has 1 aliphatic rings. The molecule has 1 aromatic heterocycles. The van der Waals surface area contributed by atoms with Crippen molar-refractivity contribution in [3.05, 3.63) is 63.5 Å². The van der Waals surface area contributed by atoms with E-state index in [9.17, 15) is 24.5 Å². The summed E-state index contributed by atoms with van der Waals surface area (Å²) in [5, 5.41) is 6.59. The first-order valence-electron chi connectivity index (χ1n) is 20.5. The molecule has 1 unspecified atom stereocenters. The van der Waals surface area contributed by atoms with Crippen molar-refractivity contribution < 1.29 is 37.4 Å². The molecule has 0 bridgehead atoms. The zero-order valence-electron chi connectivity index (χ0n) is 34.4. The summed E-state index contributed by atoms with van der Waals surface area (Å²) in [5.74, 6) is -1.13. The molecule has 2 aromatic rings. The Balaban J connectivity index is 1.68. The number of unbranched alkanes of at least 4 members (excludes halogenated alkanes) is 14.